The molecule has 0 fully saturated rings. The van der Waals surface area contributed by atoms with Gasteiger partial charge in [-0.2, -0.15) is 0 Å². The Morgan fingerprint density at radius 1 is 0.850 bits per heavy atom. The van der Waals surface area contributed by atoms with Crippen LogP contribution in [0.25, 0.3) is 0 Å². The van der Waals surface area contributed by atoms with Crippen LogP contribution < -0.4 is 14.8 Å². The Kier molecular flexibility index (Phi) is 12.1. The molecule has 0 radical (unpaired) electrons. The van der Waals surface area contributed by atoms with Gasteiger partial charge in [-0.05, 0) is 66.8 Å². The number of esters is 2. The van der Waals surface area contributed by atoms with E-state index in [1.54, 1.807) is 32.2 Å². The molecule has 0 aliphatic heterocycles. The fourth-order valence-corrected chi connectivity index (χ4v) is 4.03. The van der Waals surface area contributed by atoms with Gasteiger partial charge in [0.15, 0.2) is 0 Å². The lowest BCUT2D eigenvalue weighted by Crippen LogP contribution is -2.22. The van der Waals surface area contributed by atoms with Crippen LogP contribution in [0.15, 0.2) is 48.2 Å². The minimum Gasteiger partial charge on any atom is -0.495 e. The predicted molar refractivity (Wildman–Crippen MR) is 160 cm³/mol. The number of methoxy groups -OCH3 is 1. The van der Waals surface area contributed by atoms with E-state index in [1.165, 1.54) is 11.6 Å². The number of rotatable bonds is 15. The number of hydrogen-bond donors (Lipinski definition) is 1. The SMILES string of the molecule is CCOC(=O)C=C(CC)Nc1cc(C(=O)OCCOc2ccc(C(C)(C)CC)cc2C(C)(C)CC)ccc1OC. The van der Waals surface area contributed by atoms with E-state index < -0.39 is 11.9 Å². The van der Waals surface area contributed by atoms with Gasteiger partial charge in [0, 0.05) is 17.3 Å². The van der Waals surface area contributed by atoms with Crippen LogP contribution in [0.1, 0.15) is 96.1 Å². The average Bonchev–Trinajstić information content (AvgIpc) is 2.94. The van der Waals surface area contributed by atoms with E-state index in [0.29, 0.717) is 35.7 Å². The fourth-order valence-electron chi connectivity index (χ4n) is 4.03. The molecule has 0 aromatic heterocycles. The van der Waals surface area contributed by atoms with E-state index >= 15 is 0 Å². The number of carbonyl (C=O) groups excluding carboxylic acids is 2. The quantitative estimate of drug-likeness (QED) is 0.138. The van der Waals surface area contributed by atoms with Crippen molar-refractivity contribution in [3.8, 4) is 11.5 Å². The molecule has 0 saturated heterocycles. The van der Waals surface area contributed by atoms with Gasteiger partial charge in [-0.1, -0.05) is 60.6 Å². The number of allylic oxidation sites excluding steroid dienone is 1. The van der Waals surface area contributed by atoms with Gasteiger partial charge in [0.2, 0.25) is 0 Å². The van der Waals surface area contributed by atoms with Gasteiger partial charge in [-0.3, -0.25) is 0 Å². The van der Waals surface area contributed by atoms with Crippen LogP contribution in [0.3, 0.4) is 0 Å². The topological polar surface area (TPSA) is 83.1 Å². The molecule has 0 atom stereocenters. The summed E-state index contributed by atoms with van der Waals surface area (Å²) in [5, 5.41) is 3.17. The molecular weight excluding hydrogens is 506 g/mol. The van der Waals surface area contributed by atoms with Gasteiger partial charge in [0.1, 0.15) is 24.7 Å². The summed E-state index contributed by atoms with van der Waals surface area (Å²) in [5.74, 6) is 0.435. The smallest absolute Gasteiger partial charge is 0.338 e. The third-order valence-electron chi connectivity index (χ3n) is 7.52. The molecule has 0 spiro atoms. The largest absolute Gasteiger partial charge is 0.495 e. The van der Waals surface area contributed by atoms with Gasteiger partial charge in [0.25, 0.3) is 0 Å². The summed E-state index contributed by atoms with van der Waals surface area (Å²) < 4.78 is 22.1. The third-order valence-corrected chi connectivity index (χ3v) is 7.52. The normalized spacial score (nSPS) is 12.1. The Bertz CT molecular complexity index is 1180. The molecule has 0 saturated carbocycles. The number of hydrogen-bond acceptors (Lipinski definition) is 7. The van der Waals surface area contributed by atoms with Crippen LogP contribution in [0.4, 0.5) is 5.69 Å². The van der Waals surface area contributed by atoms with Gasteiger partial charge >= 0.3 is 11.9 Å². The molecule has 0 amide bonds. The number of ether oxygens (including phenoxy) is 4. The van der Waals surface area contributed by atoms with Crippen molar-refractivity contribution in [3.05, 3.63) is 64.9 Å². The second-order valence-electron chi connectivity index (χ2n) is 11.0. The summed E-state index contributed by atoms with van der Waals surface area (Å²) in [7, 11) is 1.54. The molecule has 0 aliphatic rings. The Morgan fingerprint density at radius 3 is 2.12 bits per heavy atom. The highest BCUT2D eigenvalue weighted by atomic mass is 16.6. The second-order valence-corrected chi connectivity index (χ2v) is 11.0. The molecule has 7 nitrogen and oxygen atoms in total. The number of anilines is 1. The van der Waals surface area contributed by atoms with E-state index in [9.17, 15) is 9.59 Å². The minimum atomic E-state index is -0.476. The molecule has 40 heavy (non-hydrogen) atoms. The van der Waals surface area contributed by atoms with E-state index in [4.69, 9.17) is 18.9 Å². The van der Waals surface area contributed by atoms with E-state index in [-0.39, 0.29) is 24.0 Å². The van der Waals surface area contributed by atoms with Crippen molar-refractivity contribution in [1.29, 1.82) is 0 Å². The first-order chi connectivity index (χ1) is 18.9. The molecular formula is C33H47NO6. The lowest BCUT2D eigenvalue weighted by molar-refractivity contribution is -0.137. The molecule has 0 aliphatic carbocycles. The van der Waals surface area contributed by atoms with Crippen molar-refractivity contribution in [2.45, 2.75) is 85.5 Å². The summed E-state index contributed by atoms with van der Waals surface area (Å²) in [6, 6.07) is 11.4. The summed E-state index contributed by atoms with van der Waals surface area (Å²) >= 11 is 0. The van der Waals surface area contributed by atoms with Crippen molar-refractivity contribution in [2.75, 3.05) is 32.2 Å². The first-order valence-corrected chi connectivity index (χ1v) is 14.2. The highest BCUT2D eigenvalue weighted by molar-refractivity contribution is 5.91. The molecule has 2 rings (SSSR count). The summed E-state index contributed by atoms with van der Waals surface area (Å²) in [5.41, 5.74) is 4.00. The van der Waals surface area contributed by atoms with Gasteiger partial charge < -0.3 is 24.3 Å². The minimum absolute atomic E-state index is 0.0581. The highest BCUT2D eigenvalue weighted by Gasteiger charge is 2.26. The van der Waals surface area contributed by atoms with Gasteiger partial charge in [-0.25, -0.2) is 9.59 Å². The Balaban J connectivity index is 2.12. The first kappa shape index (κ1) is 32.7. The lowest BCUT2D eigenvalue weighted by Gasteiger charge is -2.30. The van der Waals surface area contributed by atoms with Crippen molar-refractivity contribution >= 4 is 17.6 Å². The molecule has 7 heteroatoms. The fraction of sp³-hybridized carbons (Fsp3) is 0.515. The van der Waals surface area contributed by atoms with Crippen LogP contribution in [0, 0.1) is 0 Å². The Hall–Kier alpha value is -3.48. The lowest BCUT2D eigenvalue weighted by atomic mass is 9.76. The van der Waals surface area contributed by atoms with Crippen LogP contribution >= 0.6 is 0 Å². The molecule has 0 heterocycles. The van der Waals surface area contributed by atoms with Crippen LogP contribution in [0.5, 0.6) is 11.5 Å². The third kappa shape index (κ3) is 8.77. The predicted octanol–water partition coefficient (Wildman–Crippen LogP) is 7.58. The summed E-state index contributed by atoms with van der Waals surface area (Å²) in [6.07, 6.45) is 3.97. The summed E-state index contributed by atoms with van der Waals surface area (Å²) in [6.45, 7) is 17.6. The second kappa shape index (κ2) is 14.8. The van der Waals surface area contributed by atoms with E-state index in [0.717, 1.165) is 24.2 Å². The molecule has 0 unspecified atom stereocenters. The van der Waals surface area contributed by atoms with E-state index in [1.807, 2.05) is 13.0 Å². The zero-order valence-electron chi connectivity index (χ0n) is 25.7. The van der Waals surface area contributed by atoms with Gasteiger partial charge in [-0.15, -0.1) is 0 Å². The van der Waals surface area contributed by atoms with Crippen molar-refractivity contribution in [3.63, 3.8) is 0 Å². The van der Waals surface area contributed by atoms with Crippen molar-refractivity contribution < 1.29 is 28.5 Å². The van der Waals surface area contributed by atoms with Crippen molar-refractivity contribution in [2.24, 2.45) is 0 Å². The standard InChI is InChI=1S/C33H47NO6/c1-10-25(22-30(35)38-13-4)34-27-20-23(14-16-29(27)37-9)31(36)40-19-18-39-28-17-15-24(32(5,6)11-2)21-26(28)33(7,8)12-3/h14-17,20-22,34H,10-13,18-19H2,1-9H3. The van der Waals surface area contributed by atoms with Crippen LogP contribution in [0.2, 0.25) is 0 Å². The molecule has 0 bridgehead atoms. The maximum Gasteiger partial charge on any atom is 0.338 e. The molecule has 2 aromatic carbocycles. The zero-order valence-corrected chi connectivity index (χ0v) is 25.7. The Labute approximate surface area is 240 Å². The Morgan fingerprint density at radius 2 is 1.52 bits per heavy atom. The molecule has 2 aromatic rings. The highest BCUT2D eigenvalue weighted by Crippen LogP contribution is 2.38. The molecule has 1 N–H and O–H groups in total. The summed E-state index contributed by atoms with van der Waals surface area (Å²) in [4.78, 5) is 24.7. The zero-order chi connectivity index (χ0) is 29.9. The maximum absolute atomic E-state index is 12.9. The van der Waals surface area contributed by atoms with Gasteiger partial charge in [0.05, 0.1) is 25.0 Å². The first-order valence-electron chi connectivity index (χ1n) is 14.2. The molecule has 220 valence electrons. The number of nitrogens with one attached hydrogen (secondary N) is 1. The van der Waals surface area contributed by atoms with Crippen LogP contribution in [-0.4, -0.2) is 38.9 Å². The van der Waals surface area contributed by atoms with Crippen molar-refractivity contribution in [1.82, 2.24) is 0 Å². The number of carbonyl (C=O) groups is 2. The van der Waals surface area contributed by atoms with E-state index in [2.05, 4.69) is 59.0 Å². The average molecular weight is 554 g/mol. The maximum atomic E-state index is 12.9. The number of benzene rings is 2. The van der Waals surface area contributed by atoms with Crippen LogP contribution in [-0.2, 0) is 25.1 Å². The monoisotopic (exact) mass is 553 g/mol.